The molecule has 1 N–H and O–H groups in total. The zero-order chi connectivity index (χ0) is 10.6. The summed E-state index contributed by atoms with van der Waals surface area (Å²) < 4.78 is 25.6. The van der Waals surface area contributed by atoms with Crippen molar-refractivity contribution in [1.29, 1.82) is 0 Å². The van der Waals surface area contributed by atoms with Crippen LogP contribution in [0.1, 0.15) is 23.2 Å². The molecule has 0 bridgehead atoms. The predicted octanol–water partition coefficient (Wildman–Crippen LogP) is 2.41. The smallest absolute Gasteiger partial charge is 0.281 e. The molecule has 0 aliphatic heterocycles. The van der Waals surface area contributed by atoms with Gasteiger partial charge in [0.05, 0.1) is 9.88 Å². The minimum Gasteiger partial charge on any atom is -0.320 e. The molecule has 0 fully saturated rings. The Morgan fingerprint density at radius 3 is 2.79 bits per heavy atom. The van der Waals surface area contributed by atoms with Crippen molar-refractivity contribution in [2.24, 2.45) is 0 Å². The van der Waals surface area contributed by atoms with Crippen LogP contribution in [-0.2, 0) is 12.3 Å². The molecule has 14 heavy (non-hydrogen) atoms. The molecule has 1 aromatic heterocycles. The molecule has 0 amide bonds. The first-order valence-electron chi connectivity index (χ1n) is 4.51. The Balaban J connectivity index is 2.51. The van der Waals surface area contributed by atoms with Gasteiger partial charge in [-0.15, -0.1) is 11.3 Å². The molecule has 80 valence electrons. The third-order valence-corrected chi connectivity index (χ3v) is 3.03. The van der Waals surface area contributed by atoms with Crippen LogP contribution in [0.5, 0.6) is 0 Å². The average molecular weight is 220 g/mol. The zero-order valence-electron chi connectivity index (χ0n) is 8.31. The zero-order valence-corrected chi connectivity index (χ0v) is 9.13. The molecular weight excluding hydrogens is 206 g/mol. The van der Waals surface area contributed by atoms with E-state index in [0.29, 0.717) is 0 Å². The number of nitrogens with zero attached hydrogens (tertiary/aromatic N) is 1. The topological polar surface area (TPSA) is 24.9 Å². The highest BCUT2D eigenvalue weighted by atomic mass is 32.1. The fourth-order valence-corrected chi connectivity index (χ4v) is 1.94. The van der Waals surface area contributed by atoms with Crippen LogP contribution in [0, 0.1) is 0 Å². The molecule has 0 aromatic carbocycles. The quantitative estimate of drug-likeness (QED) is 0.771. The standard InChI is InChI=1S/C9H14F2N2S/c1-9(10,11)7-6-13-8(14-7)4-3-5-12-2/h6,12H,3-5H2,1-2H3. The molecule has 0 saturated carbocycles. The van der Waals surface area contributed by atoms with Gasteiger partial charge in [0, 0.05) is 19.5 Å². The lowest BCUT2D eigenvalue weighted by Gasteiger charge is -2.04. The van der Waals surface area contributed by atoms with Crippen LogP contribution < -0.4 is 5.32 Å². The van der Waals surface area contributed by atoms with Gasteiger partial charge in [-0.05, 0) is 20.0 Å². The van der Waals surface area contributed by atoms with E-state index in [9.17, 15) is 8.78 Å². The summed E-state index contributed by atoms with van der Waals surface area (Å²) in [5, 5.41) is 3.79. The number of nitrogens with one attached hydrogen (secondary N) is 1. The second-order valence-corrected chi connectivity index (χ2v) is 4.33. The maximum absolute atomic E-state index is 12.8. The van der Waals surface area contributed by atoms with Crippen molar-refractivity contribution in [3.05, 3.63) is 16.1 Å². The van der Waals surface area contributed by atoms with Crippen LogP contribution in [0.2, 0.25) is 0 Å². The molecule has 1 aromatic rings. The van der Waals surface area contributed by atoms with Gasteiger partial charge in [0.2, 0.25) is 0 Å². The predicted molar refractivity (Wildman–Crippen MR) is 53.9 cm³/mol. The molecule has 0 radical (unpaired) electrons. The first-order valence-corrected chi connectivity index (χ1v) is 5.33. The lowest BCUT2D eigenvalue weighted by atomic mass is 10.3. The fourth-order valence-electron chi connectivity index (χ4n) is 1.05. The van der Waals surface area contributed by atoms with Crippen molar-refractivity contribution >= 4 is 11.3 Å². The third-order valence-electron chi connectivity index (χ3n) is 1.80. The number of thiazole rings is 1. The van der Waals surface area contributed by atoms with Crippen molar-refractivity contribution < 1.29 is 8.78 Å². The number of rotatable bonds is 5. The van der Waals surface area contributed by atoms with E-state index in [1.807, 2.05) is 7.05 Å². The van der Waals surface area contributed by atoms with Crippen LogP contribution in [-0.4, -0.2) is 18.6 Å². The summed E-state index contributed by atoms with van der Waals surface area (Å²) in [6.07, 6.45) is 2.97. The number of alkyl halides is 2. The van der Waals surface area contributed by atoms with Crippen molar-refractivity contribution in [1.82, 2.24) is 10.3 Å². The van der Waals surface area contributed by atoms with Gasteiger partial charge >= 0.3 is 0 Å². The van der Waals surface area contributed by atoms with E-state index in [-0.39, 0.29) is 4.88 Å². The maximum atomic E-state index is 12.8. The molecule has 0 saturated heterocycles. The first kappa shape index (κ1) is 11.5. The Morgan fingerprint density at radius 2 is 2.29 bits per heavy atom. The Bertz CT molecular complexity index is 281. The van der Waals surface area contributed by atoms with E-state index < -0.39 is 5.92 Å². The maximum Gasteiger partial charge on any atom is 0.281 e. The summed E-state index contributed by atoms with van der Waals surface area (Å²) in [6.45, 7) is 1.79. The van der Waals surface area contributed by atoms with Crippen molar-refractivity contribution in [3.8, 4) is 0 Å². The van der Waals surface area contributed by atoms with Crippen LogP contribution in [0.15, 0.2) is 6.20 Å². The molecular formula is C9H14F2N2S. The van der Waals surface area contributed by atoms with Crippen LogP contribution >= 0.6 is 11.3 Å². The number of aryl methyl sites for hydroxylation is 1. The Hall–Kier alpha value is -0.550. The summed E-state index contributed by atoms with van der Waals surface area (Å²) >= 11 is 1.10. The number of aromatic nitrogens is 1. The van der Waals surface area contributed by atoms with E-state index in [4.69, 9.17) is 0 Å². The summed E-state index contributed by atoms with van der Waals surface area (Å²) in [5.41, 5.74) is 0. The molecule has 2 nitrogen and oxygen atoms in total. The molecule has 0 aliphatic carbocycles. The van der Waals surface area contributed by atoms with E-state index >= 15 is 0 Å². The van der Waals surface area contributed by atoms with Gasteiger partial charge in [0.15, 0.2) is 0 Å². The van der Waals surface area contributed by atoms with E-state index in [0.717, 1.165) is 42.7 Å². The van der Waals surface area contributed by atoms with Gasteiger partial charge in [-0.25, -0.2) is 13.8 Å². The molecule has 0 unspecified atom stereocenters. The summed E-state index contributed by atoms with van der Waals surface area (Å²) in [7, 11) is 1.87. The number of hydrogen-bond acceptors (Lipinski definition) is 3. The van der Waals surface area contributed by atoms with Gasteiger partial charge in [0.1, 0.15) is 0 Å². The third kappa shape index (κ3) is 3.31. The van der Waals surface area contributed by atoms with Crippen molar-refractivity contribution in [3.63, 3.8) is 0 Å². The monoisotopic (exact) mass is 220 g/mol. The summed E-state index contributed by atoms with van der Waals surface area (Å²) in [6, 6.07) is 0. The average Bonchev–Trinajstić information content (AvgIpc) is 2.52. The highest BCUT2D eigenvalue weighted by Gasteiger charge is 2.26. The molecule has 5 heteroatoms. The van der Waals surface area contributed by atoms with Gasteiger partial charge in [-0.1, -0.05) is 0 Å². The lowest BCUT2D eigenvalue weighted by molar-refractivity contribution is 0.0213. The fraction of sp³-hybridized carbons (Fsp3) is 0.667. The molecule has 0 spiro atoms. The van der Waals surface area contributed by atoms with Crippen molar-refractivity contribution in [2.75, 3.05) is 13.6 Å². The van der Waals surface area contributed by atoms with Gasteiger partial charge in [-0.3, -0.25) is 0 Å². The molecule has 0 aliphatic rings. The number of hydrogen-bond donors (Lipinski definition) is 1. The summed E-state index contributed by atoms with van der Waals surface area (Å²) in [4.78, 5) is 4.02. The Labute approximate surface area is 86.4 Å². The number of halogens is 2. The summed E-state index contributed by atoms with van der Waals surface area (Å²) in [5.74, 6) is -2.75. The van der Waals surface area contributed by atoms with Crippen LogP contribution in [0.4, 0.5) is 8.78 Å². The Kier molecular flexibility index (Phi) is 3.95. The lowest BCUT2D eigenvalue weighted by Crippen LogP contribution is -2.08. The van der Waals surface area contributed by atoms with Crippen molar-refractivity contribution in [2.45, 2.75) is 25.7 Å². The highest BCUT2D eigenvalue weighted by Crippen LogP contribution is 2.31. The normalized spacial score (nSPS) is 12.0. The van der Waals surface area contributed by atoms with E-state index in [1.165, 1.54) is 6.20 Å². The molecule has 0 atom stereocenters. The highest BCUT2D eigenvalue weighted by molar-refractivity contribution is 7.11. The minimum atomic E-state index is -2.75. The minimum absolute atomic E-state index is 0.0527. The Morgan fingerprint density at radius 1 is 1.57 bits per heavy atom. The first-order chi connectivity index (χ1) is 6.54. The SMILES string of the molecule is CNCCCc1ncc(C(C)(F)F)s1. The van der Waals surface area contributed by atoms with Crippen LogP contribution in [0.3, 0.4) is 0 Å². The van der Waals surface area contributed by atoms with E-state index in [2.05, 4.69) is 10.3 Å². The largest absolute Gasteiger partial charge is 0.320 e. The van der Waals surface area contributed by atoms with Gasteiger partial charge < -0.3 is 5.32 Å². The second-order valence-electron chi connectivity index (χ2n) is 3.21. The van der Waals surface area contributed by atoms with Gasteiger partial charge in [-0.2, -0.15) is 0 Å². The molecule has 1 rings (SSSR count). The van der Waals surface area contributed by atoms with Crippen LogP contribution in [0.25, 0.3) is 0 Å². The van der Waals surface area contributed by atoms with Gasteiger partial charge in [0.25, 0.3) is 5.92 Å². The second kappa shape index (κ2) is 4.79. The molecule has 1 heterocycles. The van der Waals surface area contributed by atoms with E-state index in [1.54, 1.807) is 0 Å².